The van der Waals surface area contributed by atoms with Crippen molar-refractivity contribution in [3.8, 4) is 5.88 Å². The van der Waals surface area contributed by atoms with Gasteiger partial charge in [-0.3, -0.25) is 0 Å². The fourth-order valence-electron chi connectivity index (χ4n) is 2.40. The second-order valence-electron chi connectivity index (χ2n) is 7.21. The van der Waals surface area contributed by atoms with Crippen molar-refractivity contribution < 1.29 is 13.9 Å². The molecule has 1 aliphatic rings. The molecule has 21 heavy (non-hydrogen) atoms. The predicted octanol–water partition coefficient (Wildman–Crippen LogP) is 2.07. The molecule has 6 nitrogen and oxygen atoms in total. The van der Waals surface area contributed by atoms with E-state index >= 15 is 0 Å². The van der Waals surface area contributed by atoms with Crippen LogP contribution >= 0.6 is 0 Å². The molecule has 0 spiro atoms. The van der Waals surface area contributed by atoms with Crippen molar-refractivity contribution in [1.82, 2.24) is 9.88 Å². The molecule has 1 aliphatic heterocycles. The van der Waals surface area contributed by atoms with E-state index in [0.29, 0.717) is 6.54 Å². The lowest BCUT2D eigenvalue weighted by Crippen LogP contribution is -2.52. The van der Waals surface area contributed by atoms with Crippen LogP contribution in [0.3, 0.4) is 0 Å². The second-order valence-corrected chi connectivity index (χ2v) is 12.0. The first-order valence-electron chi connectivity index (χ1n) is 7.41. The van der Waals surface area contributed by atoms with Gasteiger partial charge in [0.2, 0.25) is 5.88 Å². The summed E-state index contributed by atoms with van der Waals surface area (Å²) in [6, 6.07) is -0.188. The highest BCUT2D eigenvalue weighted by Gasteiger charge is 2.42. The van der Waals surface area contributed by atoms with Crippen LogP contribution in [0.15, 0.2) is 15.5 Å². The van der Waals surface area contributed by atoms with E-state index in [1.165, 1.54) is 4.57 Å². The molecule has 2 rings (SSSR count). The van der Waals surface area contributed by atoms with Crippen LogP contribution in [0, 0.1) is 0 Å². The molecular formula is C14H26N2O4Si. The Labute approximate surface area is 126 Å². The third-order valence-corrected chi connectivity index (χ3v) is 9.19. The first kappa shape index (κ1) is 16.3. The zero-order valence-corrected chi connectivity index (χ0v) is 14.5. The van der Waals surface area contributed by atoms with Crippen molar-refractivity contribution in [3.05, 3.63) is 16.8 Å². The number of nitrogens with zero attached hydrogens (tertiary/aromatic N) is 1. The van der Waals surface area contributed by atoms with E-state index in [1.807, 2.05) is 0 Å². The number of hydrogen-bond acceptors (Lipinski definition) is 5. The van der Waals surface area contributed by atoms with Crippen LogP contribution in [0.2, 0.25) is 18.1 Å². The van der Waals surface area contributed by atoms with Gasteiger partial charge in [-0.2, -0.15) is 0 Å². The molecule has 1 aromatic rings. The maximum atomic E-state index is 11.8. The van der Waals surface area contributed by atoms with Gasteiger partial charge in [0.15, 0.2) is 14.6 Å². The van der Waals surface area contributed by atoms with Crippen LogP contribution in [0.4, 0.5) is 0 Å². The average molecular weight is 314 g/mol. The third kappa shape index (κ3) is 3.25. The maximum absolute atomic E-state index is 11.8. The van der Waals surface area contributed by atoms with Gasteiger partial charge in [0.05, 0.1) is 12.1 Å². The Balaban J connectivity index is 2.27. The summed E-state index contributed by atoms with van der Waals surface area (Å²) in [5, 5.41) is 13.3. The first-order valence-corrected chi connectivity index (χ1v) is 10.3. The van der Waals surface area contributed by atoms with Gasteiger partial charge < -0.3 is 19.3 Å². The Bertz CT molecular complexity index is 544. The van der Waals surface area contributed by atoms with Crippen molar-refractivity contribution in [2.75, 3.05) is 13.1 Å². The van der Waals surface area contributed by atoms with E-state index < -0.39 is 14.1 Å². The summed E-state index contributed by atoms with van der Waals surface area (Å²) in [6.07, 6.45) is 1.68. The van der Waals surface area contributed by atoms with Gasteiger partial charge in [-0.05, 0) is 31.1 Å². The third-order valence-electron chi connectivity index (χ3n) is 4.68. The minimum atomic E-state index is -1.95. The van der Waals surface area contributed by atoms with Gasteiger partial charge >= 0.3 is 5.76 Å². The van der Waals surface area contributed by atoms with Crippen LogP contribution in [0.25, 0.3) is 0 Å². The summed E-state index contributed by atoms with van der Waals surface area (Å²) in [6.45, 7) is 12.4. The van der Waals surface area contributed by atoms with Crippen molar-refractivity contribution in [3.63, 3.8) is 0 Å². The van der Waals surface area contributed by atoms with E-state index in [2.05, 4.69) is 39.2 Å². The number of hydrogen-bond donors (Lipinski definition) is 2. The van der Waals surface area contributed by atoms with Gasteiger partial charge in [0, 0.05) is 6.54 Å². The molecule has 0 amide bonds. The lowest BCUT2D eigenvalue weighted by Gasteiger charge is -2.43. The fourth-order valence-corrected chi connectivity index (χ4v) is 3.75. The Hall–Kier alpha value is -1.05. The van der Waals surface area contributed by atoms with Crippen molar-refractivity contribution in [2.24, 2.45) is 0 Å². The van der Waals surface area contributed by atoms with Crippen molar-refractivity contribution >= 4 is 8.32 Å². The molecule has 0 aliphatic carbocycles. The zero-order chi connectivity index (χ0) is 15.8. The quantitative estimate of drug-likeness (QED) is 0.835. The van der Waals surface area contributed by atoms with Gasteiger partial charge in [-0.1, -0.05) is 20.8 Å². The largest absolute Gasteiger partial charge is 0.492 e. The van der Waals surface area contributed by atoms with E-state index in [1.54, 1.807) is 0 Å². The molecular weight excluding hydrogens is 288 g/mol. The lowest BCUT2D eigenvalue weighted by atomic mass is 10.0. The lowest BCUT2D eigenvalue weighted by molar-refractivity contribution is 0.0883. The summed E-state index contributed by atoms with van der Waals surface area (Å²) in [5.74, 6) is -0.654. The molecule has 2 heterocycles. The molecule has 2 unspecified atom stereocenters. The maximum Gasteiger partial charge on any atom is 0.422 e. The molecule has 7 heteroatoms. The SMILES string of the molecule is CC(C)(C)[Si](C)(C)OC1CNCCC1n1c(O)coc1=O. The standard InChI is InChI=1S/C14H26N2O4Si/c1-14(2,3)21(4,5)20-11-8-15-7-6-10(11)16-12(17)9-19-13(16)18/h9-11,15,17H,6-8H2,1-5H3. The van der Waals surface area contributed by atoms with Gasteiger partial charge in [-0.25, -0.2) is 9.36 Å². The van der Waals surface area contributed by atoms with Crippen LogP contribution in [0.1, 0.15) is 33.2 Å². The highest BCUT2D eigenvalue weighted by molar-refractivity contribution is 6.74. The summed E-state index contributed by atoms with van der Waals surface area (Å²) < 4.78 is 12.6. The Kier molecular flexibility index (Phi) is 4.37. The minimum absolute atomic E-state index is 0.0956. The zero-order valence-electron chi connectivity index (χ0n) is 13.5. The van der Waals surface area contributed by atoms with Gasteiger partial charge in [0.25, 0.3) is 0 Å². The summed E-state index contributed by atoms with van der Waals surface area (Å²) in [7, 11) is -1.95. The van der Waals surface area contributed by atoms with Crippen LogP contribution in [-0.2, 0) is 4.43 Å². The molecule has 120 valence electrons. The first-order chi connectivity index (χ1) is 9.63. The normalized spacial score (nSPS) is 24.2. The Morgan fingerprint density at radius 2 is 2.14 bits per heavy atom. The monoisotopic (exact) mass is 314 g/mol. The fraction of sp³-hybridized carbons (Fsp3) is 0.786. The number of piperidine rings is 1. The molecule has 1 fully saturated rings. The summed E-state index contributed by atoms with van der Waals surface area (Å²) >= 11 is 0. The molecule has 0 aromatic carbocycles. The van der Waals surface area contributed by atoms with E-state index in [0.717, 1.165) is 19.2 Å². The molecule has 1 saturated heterocycles. The molecule has 2 atom stereocenters. The smallest absolute Gasteiger partial charge is 0.422 e. The van der Waals surface area contributed by atoms with Gasteiger partial charge in [0.1, 0.15) is 0 Å². The van der Waals surface area contributed by atoms with Crippen LogP contribution < -0.4 is 11.1 Å². The number of aromatic hydroxyl groups is 1. The molecule has 1 aromatic heterocycles. The molecule has 2 N–H and O–H groups in total. The molecule has 0 radical (unpaired) electrons. The molecule has 0 saturated carbocycles. The van der Waals surface area contributed by atoms with E-state index in [4.69, 9.17) is 8.84 Å². The van der Waals surface area contributed by atoms with E-state index in [-0.39, 0.29) is 23.1 Å². The minimum Gasteiger partial charge on any atom is -0.492 e. The second kappa shape index (κ2) is 5.62. The predicted molar refractivity (Wildman–Crippen MR) is 83.2 cm³/mol. The van der Waals surface area contributed by atoms with Gasteiger partial charge in [-0.15, -0.1) is 0 Å². The van der Waals surface area contributed by atoms with Crippen molar-refractivity contribution in [2.45, 2.75) is 57.5 Å². The number of oxazole rings is 1. The van der Waals surface area contributed by atoms with E-state index in [9.17, 15) is 9.90 Å². The summed E-state index contributed by atoms with van der Waals surface area (Å²) in [5.41, 5.74) is 0. The Morgan fingerprint density at radius 3 is 2.67 bits per heavy atom. The van der Waals surface area contributed by atoms with Crippen LogP contribution in [0.5, 0.6) is 5.88 Å². The number of nitrogens with one attached hydrogen (secondary N) is 1. The topological polar surface area (TPSA) is 76.6 Å². The van der Waals surface area contributed by atoms with Crippen LogP contribution in [-0.4, -0.2) is 37.2 Å². The average Bonchev–Trinajstić information content (AvgIpc) is 2.68. The highest BCUT2D eigenvalue weighted by atomic mass is 28.4. The Morgan fingerprint density at radius 1 is 1.48 bits per heavy atom. The molecule has 0 bridgehead atoms. The van der Waals surface area contributed by atoms with Crippen molar-refractivity contribution in [1.29, 1.82) is 0 Å². The highest BCUT2D eigenvalue weighted by Crippen LogP contribution is 2.39. The number of aromatic nitrogens is 1. The summed E-state index contributed by atoms with van der Waals surface area (Å²) in [4.78, 5) is 11.8. The number of rotatable bonds is 3.